The number of hydrogen-bond acceptors (Lipinski definition) is 2. The van der Waals surface area contributed by atoms with Crippen molar-refractivity contribution in [1.29, 1.82) is 0 Å². The smallest absolute Gasteiger partial charge is 0.225 e. The lowest BCUT2D eigenvalue weighted by Crippen LogP contribution is -2.42. The van der Waals surface area contributed by atoms with E-state index in [1.807, 2.05) is 0 Å². The highest BCUT2D eigenvalue weighted by molar-refractivity contribution is 5.79. The van der Waals surface area contributed by atoms with E-state index in [1.54, 1.807) is 0 Å². The van der Waals surface area contributed by atoms with E-state index < -0.39 is 0 Å². The second kappa shape index (κ2) is 6.18. The van der Waals surface area contributed by atoms with Crippen molar-refractivity contribution in [2.24, 2.45) is 11.7 Å². The van der Waals surface area contributed by atoms with Crippen molar-refractivity contribution < 1.29 is 4.79 Å². The summed E-state index contributed by atoms with van der Waals surface area (Å²) in [4.78, 5) is 14.9. The Bertz CT molecular complexity index is 487. The van der Waals surface area contributed by atoms with Crippen LogP contribution >= 0.6 is 0 Å². The van der Waals surface area contributed by atoms with Crippen LogP contribution in [0.15, 0.2) is 30.3 Å². The standard InChI is InChI=1S/C18H26N2O/c1-13-17(14-6-3-2-4-7-14)10-11-20(13)18(21)15-8-5-9-16(19)12-15/h2-4,6-7,13,15-17H,5,8-12,19H2,1H3. The summed E-state index contributed by atoms with van der Waals surface area (Å²) in [6, 6.07) is 11.1. The molecule has 2 aliphatic rings. The van der Waals surface area contributed by atoms with Gasteiger partial charge in [0.25, 0.3) is 0 Å². The van der Waals surface area contributed by atoms with E-state index in [0.29, 0.717) is 17.9 Å². The van der Waals surface area contributed by atoms with Crippen LogP contribution in [0.4, 0.5) is 0 Å². The summed E-state index contributed by atoms with van der Waals surface area (Å²) in [6.07, 6.45) is 5.15. The molecule has 0 aromatic heterocycles. The average molecular weight is 286 g/mol. The van der Waals surface area contributed by atoms with Gasteiger partial charge in [0, 0.05) is 30.5 Å². The normalized spacial score (nSPS) is 33.1. The van der Waals surface area contributed by atoms with Crippen LogP contribution < -0.4 is 5.73 Å². The van der Waals surface area contributed by atoms with Crippen molar-refractivity contribution >= 4 is 5.91 Å². The zero-order chi connectivity index (χ0) is 14.8. The van der Waals surface area contributed by atoms with Gasteiger partial charge in [0.05, 0.1) is 0 Å². The quantitative estimate of drug-likeness (QED) is 0.908. The molecule has 2 fully saturated rings. The summed E-state index contributed by atoms with van der Waals surface area (Å²) in [7, 11) is 0. The van der Waals surface area contributed by atoms with Gasteiger partial charge in [0.2, 0.25) is 5.91 Å². The van der Waals surface area contributed by atoms with E-state index in [-0.39, 0.29) is 12.0 Å². The van der Waals surface area contributed by atoms with Crippen LogP contribution in [0.25, 0.3) is 0 Å². The average Bonchev–Trinajstić information content (AvgIpc) is 2.89. The van der Waals surface area contributed by atoms with Crippen molar-refractivity contribution in [2.75, 3.05) is 6.54 Å². The lowest BCUT2D eigenvalue weighted by molar-refractivity contribution is -0.137. The number of rotatable bonds is 2. The first-order chi connectivity index (χ1) is 10.2. The summed E-state index contributed by atoms with van der Waals surface area (Å²) in [5.41, 5.74) is 7.41. The van der Waals surface area contributed by atoms with Gasteiger partial charge in [-0.25, -0.2) is 0 Å². The molecule has 0 bridgehead atoms. The van der Waals surface area contributed by atoms with Gasteiger partial charge < -0.3 is 10.6 Å². The van der Waals surface area contributed by atoms with Crippen LogP contribution in [0.3, 0.4) is 0 Å². The van der Waals surface area contributed by atoms with E-state index in [0.717, 1.165) is 38.6 Å². The van der Waals surface area contributed by atoms with Crippen molar-refractivity contribution in [2.45, 2.75) is 57.0 Å². The van der Waals surface area contributed by atoms with Gasteiger partial charge in [-0.1, -0.05) is 36.8 Å². The summed E-state index contributed by atoms with van der Waals surface area (Å²) < 4.78 is 0. The molecule has 1 aliphatic heterocycles. The van der Waals surface area contributed by atoms with Gasteiger partial charge in [0.15, 0.2) is 0 Å². The van der Waals surface area contributed by atoms with Gasteiger partial charge in [-0.15, -0.1) is 0 Å². The Labute approximate surface area is 127 Å². The first-order valence-electron chi connectivity index (χ1n) is 8.28. The second-order valence-electron chi connectivity index (χ2n) is 6.70. The monoisotopic (exact) mass is 286 g/mol. The third-order valence-electron chi connectivity index (χ3n) is 5.33. The number of carbonyl (C=O) groups excluding carboxylic acids is 1. The molecule has 114 valence electrons. The summed E-state index contributed by atoms with van der Waals surface area (Å²) in [5, 5.41) is 0. The fourth-order valence-electron chi connectivity index (χ4n) is 4.08. The minimum Gasteiger partial charge on any atom is -0.339 e. The Morgan fingerprint density at radius 2 is 1.95 bits per heavy atom. The molecule has 1 aliphatic carbocycles. The molecule has 1 saturated carbocycles. The Morgan fingerprint density at radius 1 is 1.19 bits per heavy atom. The van der Waals surface area contributed by atoms with E-state index in [2.05, 4.69) is 42.2 Å². The molecule has 1 aromatic rings. The number of hydrogen-bond donors (Lipinski definition) is 1. The molecular formula is C18H26N2O. The minimum atomic E-state index is 0.158. The Balaban J connectivity index is 1.68. The van der Waals surface area contributed by atoms with Crippen LogP contribution in [0.1, 0.15) is 50.5 Å². The first-order valence-corrected chi connectivity index (χ1v) is 8.28. The van der Waals surface area contributed by atoms with Crippen LogP contribution in [0, 0.1) is 5.92 Å². The van der Waals surface area contributed by atoms with E-state index in [4.69, 9.17) is 5.73 Å². The van der Waals surface area contributed by atoms with Gasteiger partial charge in [-0.3, -0.25) is 4.79 Å². The summed E-state index contributed by atoms with van der Waals surface area (Å²) in [6.45, 7) is 3.09. The number of benzene rings is 1. The fourth-order valence-corrected chi connectivity index (χ4v) is 4.08. The largest absolute Gasteiger partial charge is 0.339 e. The maximum absolute atomic E-state index is 12.8. The molecule has 4 unspecified atom stereocenters. The van der Waals surface area contributed by atoms with Crippen molar-refractivity contribution in [3.05, 3.63) is 35.9 Å². The molecule has 1 aromatic carbocycles. The molecule has 1 saturated heterocycles. The van der Waals surface area contributed by atoms with E-state index in [9.17, 15) is 4.79 Å². The third kappa shape index (κ3) is 2.98. The highest BCUT2D eigenvalue weighted by Crippen LogP contribution is 2.35. The van der Waals surface area contributed by atoms with Crippen LogP contribution in [-0.2, 0) is 4.79 Å². The van der Waals surface area contributed by atoms with Crippen molar-refractivity contribution in [1.82, 2.24) is 4.90 Å². The molecule has 3 nitrogen and oxygen atoms in total. The van der Waals surface area contributed by atoms with Gasteiger partial charge in [-0.2, -0.15) is 0 Å². The molecule has 1 heterocycles. The first kappa shape index (κ1) is 14.6. The SMILES string of the molecule is CC1C(c2ccccc2)CCN1C(=O)C1CCCC(N)C1. The number of amides is 1. The van der Waals surface area contributed by atoms with Crippen molar-refractivity contribution in [3.63, 3.8) is 0 Å². The highest BCUT2D eigenvalue weighted by atomic mass is 16.2. The Morgan fingerprint density at radius 3 is 2.67 bits per heavy atom. The zero-order valence-corrected chi connectivity index (χ0v) is 12.9. The maximum atomic E-state index is 12.8. The number of nitrogens with zero attached hydrogens (tertiary/aromatic N) is 1. The van der Waals surface area contributed by atoms with Crippen LogP contribution in [-0.4, -0.2) is 29.4 Å². The highest BCUT2D eigenvalue weighted by Gasteiger charge is 2.38. The molecule has 0 radical (unpaired) electrons. The molecule has 1 amide bonds. The predicted octanol–water partition coefficient (Wildman–Crippen LogP) is 2.91. The lowest BCUT2D eigenvalue weighted by Gasteiger charge is -2.32. The molecule has 3 heteroatoms. The Hall–Kier alpha value is -1.35. The third-order valence-corrected chi connectivity index (χ3v) is 5.33. The number of carbonyl (C=O) groups is 1. The van der Waals surface area contributed by atoms with Crippen LogP contribution in [0.2, 0.25) is 0 Å². The van der Waals surface area contributed by atoms with Crippen molar-refractivity contribution in [3.8, 4) is 0 Å². The van der Waals surface area contributed by atoms with Gasteiger partial charge in [-0.05, 0) is 38.2 Å². The molecule has 4 atom stereocenters. The zero-order valence-electron chi connectivity index (χ0n) is 12.9. The lowest BCUT2D eigenvalue weighted by atomic mass is 9.85. The molecule has 2 N–H and O–H groups in total. The minimum absolute atomic E-state index is 0.158. The topological polar surface area (TPSA) is 46.3 Å². The molecule has 21 heavy (non-hydrogen) atoms. The predicted molar refractivity (Wildman–Crippen MR) is 84.9 cm³/mol. The van der Waals surface area contributed by atoms with E-state index in [1.165, 1.54) is 5.56 Å². The maximum Gasteiger partial charge on any atom is 0.225 e. The fraction of sp³-hybridized carbons (Fsp3) is 0.611. The summed E-state index contributed by atoms with van der Waals surface area (Å²) >= 11 is 0. The van der Waals surface area contributed by atoms with Gasteiger partial charge >= 0.3 is 0 Å². The number of nitrogens with two attached hydrogens (primary N) is 1. The number of likely N-dealkylation sites (tertiary alicyclic amines) is 1. The molecule has 0 spiro atoms. The Kier molecular flexibility index (Phi) is 4.29. The molecule has 3 rings (SSSR count). The second-order valence-corrected chi connectivity index (χ2v) is 6.70. The molecular weight excluding hydrogens is 260 g/mol. The van der Waals surface area contributed by atoms with E-state index >= 15 is 0 Å². The summed E-state index contributed by atoms with van der Waals surface area (Å²) in [5.74, 6) is 0.981. The van der Waals surface area contributed by atoms with Gasteiger partial charge in [0.1, 0.15) is 0 Å². The van der Waals surface area contributed by atoms with Crippen LogP contribution in [0.5, 0.6) is 0 Å².